The minimum absolute atomic E-state index is 0.0193. The zero-order valence-electron chi connectivity index (χ0n) is 25.1. The Hall–Kier alpha value is -4.96. The molecule has 232 valence electrons. The monoisotopic (exact) mass is 628 g/mol. The maximum Gasteiger partial charge on any atom is 0.255 e. The molecule has 0 radical (unpaired) electrons. The Bertz CT molecular complexity index is 1820. The molecule has 3 aromatic carbocycles. The number of methoxy groups -OCH3 is 3. The Kier molecular flexibility index (Phi) is 8.40. The number of hydrogen-bond acceptors (Lipinski definition) is 7. The molecule has 11 heteroatoms. The van der Waals surface area contributed by atoms with Gasteiger partial charge in [0.1, 0.15) is 17.2 Å². The van der Waals surface area contributed by atoms with Gasteiger partial charge < -0.3 is 34.3 Å². The van der Waals surface area contributed by atoms with E-state index >= 15 is 0 Å². The van der Waals surface area contributed by atoms with Crippen molar-refractivity contribution in [2.75, 3.05) is 50.0 Å². The van der Waals surface area contributed by atoms with Crippen molar-refractivity contribution in [3.8, 4) is 17.2 Å². The molecule has 0 spiro atoms. The third-order valence-corrected chi connectivity index (χ3v) is 8.65. The predicted octanol–water partition coefficient (Wildman–Crippen LogP) is 5.66. The summed E-state index contributed by atoms with van der Waals surface area (Å²) in [5.41, 5.74) is 3.48. The van der Waals surface area contributed by atoms with Crippen LogP contribution in [0.5, 0.6) is 17.2 Å². The first-order valence-electron chi connectivity index (χ1n) is 14.5. The molecular weight excluding hydrogens is 596 g/mol. The van der Waals surface area contributed by atoms with E-state index in [9.17, 15) is 14.4 Å². The van der Waals surface area contributed by atoms with Crippen LogP contribution in [0, 0.1) is 5.92 Å². The van der Waals surface area contributed by atoms with E-state index < -0.39 is 0 Å². The van der Waals surface area contributed by atoms with Gasteiger partial charge in [-0.3, -0.25) is 14.4 Å². The summed E-state index contributed by atoms with van der Waals surface area (Å²) in [5.74, 6) is 1.10. The summed E-state index contributed by atoms with van der Waals surface area (Å²) in [6, 6.07) is 20.6. The first-order chi connectivity index (χ1) is 21.8. The molecular formula is C34H33ClN4O6. The topological polar surface area (TPSA) is 111 Å². The van der Waals surface area contributed by atoms with E-state index in [0.717, 1.165) is 17.8 Å². The fourth-order valence-corrected chi connectivity index (χ4v) is 6.48. The van der Waals surface area contributed by atoms with Crippen molar-refractivity contribution >= 4 is 40.5 Å². The molecule has 6 rings (SSSR count). The molecule has 1 aromatic heterocycles. The number of anilines is 3. The highest BCUT2D eigenvalue weighted by atomic mass is 35.5. The van der Waals surface area contributed by atoms with Crippen molar-refractivity contribution in [2.45, 2.75) is 18.9 Å². The zero-order valence-corrected chi connectivity index (χ0v) is 25.9. The van der Waals surface area contributed by atoms with Crippen LogP contribution in [-0.2, 0) is 6.54 Å². The Balaban J connectivity index is 1.34. The molecule has 2 atom stereocenters. The quantitative estimate of drug-likeness (QED) is 0.259. The number of nitrogens with one attached hydrogen (secondary N) is 2. The van der Waals surface area contributed by atoms with Gasteiger partial charge in [0.2, 0.25) is 0 Å². The Morgan fingerprint density at radius 2 is 1.56 bits per heavy atom. The van der Waals surface area contributed by atoms with Gasteiger partial charge in [-0.15, -0.1) is 0 Å². The second-order valence-electron chi connectivity index (χ2n) is 11.2. The van der Waals surface area contributed by atoms with Gasteiger partial charge in [-0.25, -0.2) is 0 Å². The minimum Gasteiger partial charge on any atom is -0.497 e. The average Bonchev–Trinajstić information content (AvgIpc) is 3.05. The second-order valence-corrected chi connectivity index (χ2v) is 11.6. The SMILES string of the molecule is COc1cc(OC)cc(C(=O)Nc2cc(C(=O)Nc3ccc(OC)c(Cl)c3)ccc2N2CC3CC(C2)c2cccc(=O)n2C3)c1. The van der Waals surface area contributed by atoms with E-state index in [-0.39, 0.29) is 29.2 Å². The maximum absolute atomic E-state index is 13.6. The molecule has 2 amide bonds. The molecule has 0 saturated carbocycles. The highest BCUT2D eigenvalue weighted by Gasteiger charge is 2.35. The summed E-state index contributed by atoms with van der Waals surface area (Å²) < 4.78 is 17.8. The number of hydrogen-bond donors (Lipinski definition) is 2. The van der Waals surface area contributed by atoms with Crippen molar-refractivity contribution in [1.82, 2.24) is 4.57 Å². The summed E-state index contributed by atoms with van der Waals surface area (Å²) >= 11 is 6.26. The van der Waals surface area contributed by atoms with E-state index in [2.05, 4.69) is 15.5 Å². The molecule has 10 nitrogen and oxygen atoms in total. The van der Waals surface area contributed by atoms with Gasteiger partial charge in [-0.2, -0.15) is 0 Å². The molecule has 2 bridgehead atoms. The van der Waals surface area contributed by atoms with Crippen LogP contribution in [-0.4, -0.2) is 50.8 Å². The number of aromatic nitrogens is 1. The number of ether oxygens (including phenoxy) is 3. The Morgan fingerprint density at radius 3 is 2.27 bits per heavy atom. The van der Waals surface area contributed by atoms with Crippen molar-refractivity contribution in [3.63, 3.8) is 0 Å². The number of nitrogens with zero attached hydrogens (tertiary/aromatic N) is 2. The number of carbonyl (C=O) groups excluding carboxylic acids is 2. The minimum atomic E-state index is -0.387. The van der Waals surface area contributed by atoms with Crippen molar-refractivity contribution < 1.29 is 23.8 Å². The number of rotatable bonds is 8. The maximum atomic E-state index is 13.6. The number of carbonyl (C=O) groups is 2. The van der Waals surface area contributed by atoms with E-state index in [1.54, 1.807) is 54.6 Å². The lowest BCUT2D eigenvalue weighted by Gasteiger charge is -2.44. The van der Waals surface area contributed by atoms with E-state index in [0.29, 0.717) is 64.4 Å². The fraction of sp³-hybridized carbons (Fsp3) is 0.265. The molecule has 2 aliphatic rings. The molecule has 2 aliphatic heterocycles. The van der Waals surface area contributed by atoms with Crippen LogP contribution in [0.1, 0.15) is 38.7 Å². The molecule has 2 N–H and O–H groups in total. The summed E-state index contributed by atoms with van der Waals surface area (Å²) in [6.45, 7) is 1.99. The van der Waals surface area contributed by atoms with Crippen LogP contribution < -0.4 is 35.3 Å². The smallest absolute Gasteiger partial charge is 0.255 e. The summed E-state index contributed by atoms with van der Waals surface area (Å²) in [7, 11) is 4.56. The number of benzene rings is 3. The van der Waals surface area contributed by atoms with Crippen molar-refractivity contribution in [1.29, 1.82) is 0 Å². The number of piperidine rings is 1. The fourth-order valence-electron chi connectivity index (χ4n) is 6.23. The van der Waals surface area contributed by atoms with Crippen LogP contribution in [0.2, 0.25) is 5.02 Å². The standard InChI is InChI=1S/C34H33ClN4O6/c1-43-25-12-22(13-26(16-25)44-2)34(42)37-28-14-21(33(41)36-24-8-10-31(45-3)27(35)15-24)7-9-30(28)38-17-20-11-23(19-38)29-5-4-6-32(40)39(29)18-20/h4-10,12-16,20,23H,11,17-19H2,1-3H3,(H,36,41)(H,37,42). The van der Waals surface area contributed by atoms with Gasteiger partial charge in [0, 0.05) is 60.2 Å². The third kappa shape index (κ3) is 6.19. The first kappa shape index (κ1) is 30.1. The van der Waals surface area contributed by atoms with Crippen LogP contribution >= 0.6 is 11.6 Å². The lowest BCUT2D eigenvalue weighted by molar-refractivity contribution is 0.101. The van der Waals surface area contributed by atoms with Crippen LogP contribution in [0.4, 0.5) is 17.1 Å². The number of amides is 2. The number of halogens is 1. The van der Waals surface area contributed by atoms with Gasteiger partial charge in [0.05, 0.1) is 37.7 Å². The molecule has 2 unspecified atom stereocenters. The third-order valence-electron chi connectivity index (χ3n) is 8.35. The molecule has 4 aromatic rings. The normalized spacial score (nSPS) is 16.8. The molecule has 0 aliphatic carbocycles. The highest BCUT2D eigenvalue weighted by molar-refractivity contribution is 6.32. The number of fused-ring (bicyclic) bond motifs is 4. The second kappa shape index (κ2) is 12.6. The van der Waals surface area contributed by atoms with E-state index in [1.165, 1.54) is 21.3 Å². The van der Waals surface area contributed by atoms with Crippen molar-refractivity contribution in [2.24, 2.45) is 5.92 Å². The van der Waals surface area contributed by atoms with Crippen molar-refractivity contribution in [3.05, 3.63) is 105 Å². The molecule has 1 fully saturated rings. The Labute approximate surface area is 265 Å². The van der Waals surface area contributed by atoms with Gasteiger partial charge in [-0.05, 0) is 66.9 Å². The van der Waals surface area contributed by atoms with Gasteiger partial charge >= 0.3 is 0 Å². The van der Waals surface area contributed by atoms with Crippen LogP contribution in [0.15, 0.2) is 77.6 Å². The summed E-state index contributed by atoms with van der Waals surface area (Å²) in [4.78, 5) is 41.8. The molecule has 45 heavy (non-hydrogen) atoms. The highest BCUT2D eigenvalue weighted by Crippen LogP contribution is 2.40. The summed E-state index contributed by atoms with van der Waals surface area (Å²) in [5, 5.41) is 6.28. The van der Waals surface area contributed by atoms with E-state index in [1.807, 2.05) is 22.8 Å². The molecule has 1 saturated heterocycles. The lowest BCUT2D eigenvalue weighted by Crippen LogP contribution is -2.47. The van der Waals surface area contributed by atoms with E-state index in [4.69, 9.17) is 25.8 Å². The summed E-state index contributed by atoms with van der Waals surface area (Å²) in [6.07, 6.45) is 0.982. The molecule has 3 heterocycles. The van der Waals surface area contributed by atoms with Crippen LogP contribution in [0.25, 0.3) is 0 Å². The average molecular weight is 629 g/mol. The lowest BCUT2D eigenvalue weighted by atomic mass is 9.83. The number of pyridine rings is 1. The Morgan fingerprint density at radius 1 is 0.800 bits per heavy atom. The van der Waals surface area contributed by atoms with Crippen LogP contribution in [0.3, 0.4) is 0 Å². The van der Waals surface area contributed by atoms with Gasteiger partial charge in [0.15, 0.2) is 0 Å². The zero-order chi connectivity index (χ0) is 31.7. The van der Waals surface area contributed by atoms with Gasteiger partial charge in [0.25, 0.3) is 17.4 Å². The first-order valence-corrected chi connectivity index (χ1v) is 14.9. The largest absolute Gasteiger partial charge is 0.497 e. The predicted molar refractivity (Wildman–Crippen MR) is 174 cm³/mol. The van der Waals surface area contributed by atoms with Gasteiger partial charge in [-0.1, -0.05) is 17.7 Å².